The average molecular weight is 512 g/mol. The molecule has 1 unspecified atom stereocenters. The van der Waals surface area contributed by atoms with Crippen LogP contribution in [0.1, 0.15) is 37.9 Å². The second-order valence-electron chi connectivity index (χ2n) is 6.57. The molecule has 4 rings (SSSR count). The average Bonchev–Trinajstić information content (AvgIpc) is 3.02. The summed E-state index contributed by atoms with van der Waals surface area (Å²) in [4.78, 5) is 25.3. The van der Waals surface area contributed by atoms with Gasteiger partial charge in [0.2, 0.25) is 0 Å². The van der Waals surface area contributed by atoms with E-state index in [4.69, 9.17) is 23.2 Å². The molecule has 2 N–H and O–H groups in total. The molecule has 1 atom stereocenters. The molecule has 0 saturated carbocycles. The molecule has 4 nitrogen and oxygen atoms in total. The minimum Gasteiger partial charge on any atom is -0.341 e. The van der Waals surface area contributed by atoms with Crippen LogP contribution in [0.4, 0.5) is 14.5 Å². The molecule has 3 aromatic rings. The first-order valence-electron chi connectivity index (χ1n) is 8.60. The molecule has 0 aliphatic carbocycles. The Bertz CT molecular complexity index is 1220. The number of benzene rings is 3. The van der Waals surface area contributed by atoms with Crippen LogP contribution in [-0.4, -0.2) is 11.8 Å². The third-order valence-electron chi connectivity index (χ3n) is 4.64. The molecule has 0 saturated heterocycles. The lowest BCUT2D eigenvalue weighted by molar-refractivity contribution is 0.0959. The highest BCUT2D eigenvalue weighted by molar-refractivity contribution is 9.10. The summed E-state index contributed by atoms with van der Waals surface area (Å²) in [6.07, 6.45) is 0. The molecule has 2 amide bonds. The molecule has 1 aliphatic heterocycles. The maximum Gasteiger partial charge on any atom is 0.257 e. The quantitative estimate of drug-likeness (QED) is 0.445. The van der Waals surface area contributed by atoms with Crippen LogP contribution in [0.5, 0.6) is 0 Å². The Kier molecular flexibility index (Phi) is 5.53. The van der Waals surface area contributed by atoms with Crippen LogP contribution >= 0.6 is 39.1 Å². The van der Waals surface area contributed by atoms with Crippen LogP contribution in [0.3, 0.4) is 0 Å². The van der Waals surface area contributed by atoms with E-state index in [1.807, 2.05) is 0 Å². The van der Waals surface area contributed by atoms with Crippen LogP contribution in [0.15, 0.2) is 53.0 Å². The van der Waals surface area contributed by atoms with Crippen molar-refractivity contribution < 1.29 is 18.4 Å². The minimum atomic E-state index is -0.790. The first-order valence-corrected chi connectivity index (χ1v) is 10.1. The van der Waals surface area contributed by atoms with Crippen LogP contribution < -0.4 is 10.6 Å². The summed E-state index contributed by atoms with van der Waals surface area (Å²) in [5.74, 6) is -2.21. The van der Waals surface area contributed by atoms with Crippen molar-refractivity contribution in [2.45, 2.75) is 6.04 Å². The number of rotatable bonds is 3. The highest BCUT2D eigenvalue weighted by Crippen LogP contribution is 2.41. The Morgan fingerprint density at radius 3 is 2.40 bits per heavy atom. The topological polar surface area (TPSA) is 58.2 Å². The maximum atomic E-state index is 13.9. The molecule has 1 aliphatic rings. The number of hydrogen-bond acceptors (Lipinski definition) is 2. The lowest BCUT2D eigenvalue weighted by atomic mass is 9.96. The third-order valence-corrected chi connectivity index (χ3v) is 5.78. The van der Waals surface area contributed by atoms with E-state index < -0.39 is 29.5 Å². The van der Waals surface area contributed by atoms with Gasteiger partial charge in [0, 0.05) is 31.9 Å². The van der Waals surface area contributed by atoms with Gasteiger partial charge in [0.15, 0.2) is 0 Å². The zero-order valence-electron chi connectivity index (χ0n) is 14.9. The van der Waals surface area contributed by atoms with Crippen LogP contribution in [0.2, 0.25) is 10.0 Å². The highest BCUT2D eigenvalue weighted by Gasteiger charge is 2.34. The monoisotopic (exact) mass is 510 g/mol. The largest absolute Gasteiger partial charge is 0.341 e. The highest BCUT2D eigenvalue weighted by atomic mass is 79.9. The van der Waals surface area contributed by atoms with E-state index in [1.54, 1.807) is 12.1 Å². The van der Waals surface area contributed by atoms with Gasteiger partial charge in [-0.05, 0) is 48.5 Å². The van der Waals surface area contributed by atoms with E-state index in [9.17, 15) is 18.4 Å². The number of carbonyl (C=O) groups excluding carboxylic acids is 2. The van der Waals surface area contributed by atoms with Crippen molar-refractivity contribution in [1.82, 2.24) is 5.32 Å². The van der Waals surface area contributed by atoms with Gasteiger partial charge in [-0.2, -0.15) is 0 Å². The predicted molar refractivity (Wildman–Crippen MR) is 114 cm³/mol. The maximum absolute atomic E-state index is 13.9. The summed E-state index contributed by atoms with van der Waals surface area (Å²) in [7, 11) is 0. The van der Waals surface area contributed by atoms with Gasteiger partial charge in [-0.1, -0.05) is 39.1 Å². The van der Waals surface area contributed by atoms with Crippen molar-refractivity contribution >= 4 is 56.6 Å². The molecule has 9 heteroatoms. The Morgan fingerprint density at radius 1 is 1.00 bits per heavy atom. The fourth-order valence-electron chi connectivity index (χ4n) is 3.33. The fraction of sp³-hybridized carbons (Fsp3) is 0.0476. The number of nitrogens with one attached hydrogen (secondary N) is 2. The van der Waals surface area contributed by atoms with Gasteiger partial charge < -0.3 is 10.6 Å². The first kappa shape index (κ1) is 20.8. The van der Waals surface area contributed by atoms with E-state index in [0.717, 1.165) is 12.1 Å². The number of anilines is 1. The summed E-state index contributed by atoms with van der Waals surface area (Å²) >= 11 is 15.6. The molecular weight excluding hydrogens is 501 g/mol. The Labute approximate surface area is 188 Å². The van der Waals surface area contributed by atoms with Crippen molar-refractivity contribution in [3.05, 3.63) is 96.9 Å². The van der Waals surface area contributed by atoms with Crippen LogP contribution in [-0.2, 0) is 0 Å². The van der Waals surface area contributed by atoms with Gasteiger partial charge in [-0.25, -0.2) is 8.78 Å². The van der Waals surface area contributed by atoms with Gasteiger partial charge in [-0.15, -0.1) is 0 Å². The first-order chi connectivity index (χ1) is 14.2. The number of fused-ring (bicyclic) bond motifs is 1. The molecule has 3 aromatic carbocycles. The molecule has 152 valence electrons. The molecule has 0 spiro atoms. The number of halogens is 5. The smallest absolute Gasteiger partial charge is 0.257 e. The zero-order chi connectivity index (χ0) is 21.6. The van der Waals surface area contributed by atoms with E-state index in [-0.39, 0.29) is 26.9 Å². The number of amides is 2. The van der Waals surface area contributed by atoms with Crippen molar-refractivity contribution in [3.8, 4) is 0 Å². The number of carbonyl (C=O) groups is 2. The van der Waals surface area contributed by atoms with E-state index in [2.05, 4.69) is 26.6 Å². The fourth-order valence-corrected chi connectivity index (χ4v) is 4.22. The summed E-state index contributed by atoms with van der Waals surface area (Å²) in [6.45, 7) is 0. The summed E-state index contributed by atoms with van der Waals surface area (Å²) < 4.78 is 28.0. The lowest BCUT2D eigenvalue weighted by Gasteiger charge is -2.18. The van der Waals surface area contributed by atoms with Gasteiger partial charge in [0.05, 0.1) is 16.6 Å². The van der Waals surface area contributed by atoms with Gasteiger partial charge >= 0.3 is 0 Å². The van der Waals surface area contributed by atoms with Crippen LogP contribution in [0.25, 0.3) is 0 Å². The van der Waals surface area contributed by atoms with Crippen molar-refractivity contribution in [2.75, 3.05) is 5.32 Å². The molecule has 0 bridgehead atoms. The third kappa shape index (κ3) is 3.80. The summed E-state index contributed by atoms with van der Waals surface area (Å²) in [6, 6.07) is 9.63. The Hall–Kier alpha value is -2.48. The van der Waals surface area contributed by atoms with Crippen molar-refractivity contribution in [3.63, 3.8) is 0 Å². The SMILES string of the molecule is O=C(Nc1cc(Br)cc2c1C(c1cc(F)ccc1Cl)NC2=O)c1cc(F)ccc1Cl. The van der Waals surface area contributed by atoms with Gasteiger partial charge in [0.25, 0.3) is 11.8 Å². The van der Waals surface area contributed by atoms with E-state index in [0.29, 0.717) is 15.6 Å². The van der Waals surface area contributed by atoms with Crippen molar-refractivity contribution in [2.24, 2.45) is 0 Å². The molecule has 0 radical (unpaired) electrons. The molecular formula is C21H11BrCl2F2N2O2. The molecule has 0 fully saturated rings. The standard InChI is InChI=1S/C21H11BrCl2F2N2O2/c22-9-5-14-18(19(28-21(14)30)12-7-10(25)1-3-15(12)23)17(6-9)27-20(29)13-8-11(26)2-4-16(13)24/h1-8,19H,(H,27,29)(H,28,30). The normalized spacial score (nSPS) is 15.0. The van der Waals surface area contributed by atoms with E-state index >= 15 is 0 Å². The second kappa shape index (κ2) is 7.98. The lowest BCUT2D eigenvalue weighted by Crippen LogP contribution is -2.21. The summed E-state index contributed by atoms with van der Waals surface area (Å²) in [5, 5.41) is 5.75. The van der Waals surface area contributed by atoms with Gasteiger partial charge in [-0.3, -0.25) is 9.59 Å². The van der Waals surface area contributed by atoms with Crippen LogP contribution in [0, 0.1) is 11.6 Å². The summed E-state index contributed by atoms with van der Waals surface area (Å²) in [5.41, 5.74) is 1.24. The molecule has 30 heavy (non-hydrogen) atoms. The Balaban J connectivity index is 1.82. The number of hydrogen-bond donors (Lipinski definition) is 2. The van der Waals surface area contributed by atoms with E-state index in [1.165, 1.54) is 24.3 Å². The minimum absolute atomic E-state index is 0.0667. The Morgan fingerprint density at radius 2 is 1.67 bits per heavy atom. The molecule has 0 aromatic heterocycles. The molecule has 1 heterocycles. The van der Waals surface area contributed by atoms with Gasteiger partial charge in [0.1, 0.15) is 11.6 Å². The van der Waals surface area contributed by atoms with Crippen molar-refractivity contribution in [1.29, 1.82) is 0 Å². The predicted octanol–water partition coefficient (Wildman–Crippen LogP) is 6.12. The second-order valence-corrected chi connectivity index (χ2v) is 8.30. The zero-order valence-corrected chi connectivity index (χ0v) is 18.0.